The Morgan fingerprint density at radius 3 is 2.16 bits per heavy atom. The lowest BCUT2D eigenvalue weighted by Gasteiger charge is -2.25. The van der Waals surface area contributed by atoms with Crippen molar-refractivity contribution in [2.45, 2.75) is 36.8 Å². The van der Waals surface area contributed by atoms with Crippen molar-refractivity contribution in [3.63, 3.8) is 0 Å². The average Bonchev–Trinajstić information content (AvgIpc) is 2.37. The molecule has 4 nitrogen and oxygen atoms in total. The first-order valence-corrected chi connectivity index (χ1v) is 8.79. The van der Waals surface area contributed by atoms with Gasteiger partial charge in [0.1, 0.15) is 0 Å². The molecule has 1 N–H and O–H groups in total. The second kappa shape index (κ2) is 7.28. The van der Waals surface area contributed by atoms with Gasteiger partial charge in [-0.1, -0.05) is 26.0 Å². The van der Waals surface area contributed by atoms with Crippen molar-refractivity contribution in [3.05, 3.63) is 29.8 Å². The predicted octanol–water partition coefficient (Wildman–Crippen LogP) is 2.85. The molecule has 0 heterocycles. The molecule has 1 unspecified atom stereocenters. The zero-order valence-corrected chi connectivity index (χ0v) is 13.2. The highest BCUT2D eigenvalue weighted by molar-refractivity contribution is 7.99. The largest absolute Gasteiger partial charge is 0.294 e. The van der Waals surface area contributed by atoms with Crippen LogP contribution in [-0.4, -0.2) is 36.3 Å². The van der Waals surface area contributed by atoms with Crippen molar-refractivity contribution >= 4 is 21.9 Å². The van der Waals surface area contributed by atoms with Crippen molar-refractivity contribution in [3.8, 4) is 0 Å². The smallest absolute Gasteiger partial charge is 0.292 e. The number of benzene rings is 1. The van der Waals surface area contributed by atoms with E-state index in [4.69, 9.17) is 4.55 Å². The van der Waals surface area contributed by atoms with E-state index < -0.39 is 10.1 Å². The molecule has 1 atom stereocenters. The number of hydrogen-bond acceptors (Lipinski definition) is 4. The van der Waals surface area contributed by atoms with Crippen LogP contribution >= 0.6 is 11.8 Å². The molecule has 1 rings (SSSR count). The van der Waals surface area contributed by atoms with Gasteiger partial charge < -0.3 is 0 Å². The number of hydrogen-bond donors (Lipinski definition) is 1. The third kappa shape index (κ3) is 5.14. The standard InChI is InChI=1S/C13H21NO3S2/c1-4-14(5-2)11(3)18-10-12-6-8-13(9-7-12)19(15,16)17/h6-9,11H,4-5,10H2,1-3H3,(H,15,16,17). The Kier molecular flexibility index (Phi) is 6.32. The molecule has 1 aromatic rings. The van der Waals surface area contributed by atoms with Crippen LogP contribution in [0.3, 0.4) is 0 Å². The molecule has 19 heavy (non-hydrogen) atoms. The number of nitrogens with zero attached hydrogens (tertiary/aromatic N) is 1. The maximum absolute atomic E-state index is 10.9. The lowest BCUT2D eigenvalue weighted by molar-refractivity contribution is 0.297. The summed E-state index contributed by atoms with van der Waals surface area (Å²) in [6.45, 7) is 8.49. The van der Waals surface area contributed by atoms with Crippen LogP contribution in [0.1, 0.15) is 26.3 Å². The van der Waals surface area contributed by atoms with Crippen LogP contribution < -0.4 is 0 Å². The number of rotatable bonds is 7. The van der Waals surface area contributed by atoms with Crippen LogP contribution in [0.15, 0.2) is 29.2 Å². The topological polar surface area (TPSA) is 57.6 Å². The summed E-state index contributed by atoms with van der Waals surface area (Å²) in [5.41, 5.74) is 1.05. The minimum Gasteiger partial charge on any atom is -0.292 e. The van der Waals surface area contributed by atoms with Crippen LogP contribution in [0.2, 0.25) is 0 Å². The summed E-state index contributed by atoms with van der Waals surface area (Å²) in [7, 11) is -4.09. The molecule has 0 aliphatic carbocycles. The normalized spacial score (nSPS) is 13.7. The molecule has 108 valence electrons. The van der Waals surface area contributed by atoms with Gasteiger partial charge in [-0.25, -0.2) is 0 Å². The van der Waals surface area contributed by atoms with Crippen molar-refractivity contribution < 1.29 is 13.0 Å². The predicted molar refractivity (Wildman–Crippen MR) is 79.9 cm³/mol. The Bertz CT molecular complexity index is 481. The van der Waals surface area contributed by atoms with E-state index in [-0.39, 0.29) is 4.90 Å². The Morgan fingerprint density at radius 2 is 1.74 bits per heavy atom. The summed E-state index contributed by atoms with van der Waals surface area (Å²) >= 11 is 1.81. The monoisotopic (exact) mass is 303 g/mol. The van der Waals surface area contributed by atoms with Gasteiger partial charge in [0.05, 0.1) is 10.3 Å². The molecule has 0 amide bonds. The molecule has 0 aliphatic rings. The van der Waals surface area contributed by atoms with Gasteiger partial charge in [0.2, 0.25) is 0 Å². The Labute approximate surface area is 119 Å². The summed E-state index contributed by atoms with van der Waals surface area (Å²) < 4.78 is 30.7. The fourth-order valence-electron chi connectivity index (χ4n) is 1.82. The van der Waals surface area contributed by atoms with E-state index in [1.807, 2.05) is 11.8 Å². The van der Waals surface area contributed by atoms with Crippen LogP contribution in [0.5, 0.6) is 0 Å². The number of thioether (sulfide) groups is 1. The van der Waals surface area contributed by atoms with Gasteiger partial charge in [0, 0.05) is 5.75 Å². The van der Waals surface area contributed by atoms with Crippen molar-refractivity contribution in [1.82, 2.24) is 4.90 Å². The van der Waals surface area contributed by atoms with Gasteiger partial charge in [-0.15, -0.1) is 11.8 Å². The molecule has 0 fully saturated rings. The van der Waals surface area contributed by atoms with Gasteiger partial charge >= 0.3 is 0 Å². The second-order valence-electron chi connectivity index (χ2n) is 4.25. The third-order valence-corrected chi connectivity index (χ3v) is 5.19. The highest BCUT2D eigenvalue weighted by atomic mass is 32.2. The van der Waals surface area contributed by atoms with E-state index in [0.717, 1.165) is 24.4 Å². The first-order valence-electron chi connectivity index (χ1n) is 6.30. The average molecular weight is 303 g/mol. The minimum atomic E-state index is -4.09. The Morgan fingerprint density at radius 1 is 1.21 bits per heavy atom. The van der Waals surface area contributed by atoms with Crippen molar-refractivity contribution in [2.24, 2.45) is 0 Å². The van der Waals surface area contributed by atoms with Crippen molar-refractivity contribution in [2.75, 3.05) is 13.1 Å². The fourth-order valence-corrected chi connectivity index (χ4v) is 3.43. The molecule has 1 aromatic carbocycles. The highest BCUT2D eigenvalue weighted by Gasteiger charge is 2.11. The second-order valence-corrected chi connectivity index (χ2v) is 6.98. The molecule has 0 radical (unpaired) electrons. The molecule has 6 heteroatoms. The third-order valence-electron chi connectivity index (χ3n) is 3.04. The summed E-state index contributed by atoms with van der Waals surface area (Å²) in [6.07, 6.45) is 0. The van der Waals surface area contributed by atoms with E-state index in [9.17, 15) is 8.42 Å². The lowest BCUT2D eigenvalue weighted by Crippen LogP contribution is -2.30. The van der Waals surface area contributed by atoms with E-state index in [1.165, 1.54) is 12.1 Å². The maximum Gasteiger partial charge on any atom is 0.294 e. The molecule has 0 saturated heterocycles. The fraction of sp³-hybridized carbons (Fsp3) is 0.538. The Hall–Kier alpha value is -0.560. The first-order chi connectivity index (χ1) is 8.88. The van der Waals surface area contributed by atoms with E-state index in [1.54, 1.807) is 12.1 Å². The van der Waals surface area contributed by atoms with Gasteiger partial charge in [0.15, 0.2) is 0 Å². The minimum absolute atomic E-state index is 0.0574. The Balaban J connectivity index is 2.60. The zero-order chi connectivity index (χ0) is 14.5. The van der Waals surface area contributed by atoms with Gasteiger partial charge in [0.25, 0.3) is 10.1 Å². The highest BCUT2D eigenvalue weighted by Crippen LogP contribution is 2.21. The molecule has 0 aromatic heterocycles. The van der Waals surface area contributed by atoms with E-state index in [2.05, 4.69) is 25.7 Å². The van der Waals surface area contributed by atoms with Gasteiger partial charge in [-0.3, -0.25) is 9.45 Å². The molecule has 0 spiro atoms. The first kappa shape index (κ1) is 16.5. The maximum atomic E-state index is 10.9. The van der Waals surface area contributed by atoms with Crippen LogP contribution in [0.4, 0.5) is 0 Å². The van der Waals surface area contributed by atoms with Gasteiger partial charge in [-0.2, -0.15) is 8.42 Å². The summed E-state index contributed by atoms with van der Waals surface area (Å²) in [6, 6.07) is 6.36. The zero-order valence-electron chi connectivity index (χ0n) is 11.5. The van der Waals surface area contributed by atoms with Gasteiger partial charge in [-0.05, 0) is 37.7 Å². The van der Waals surface area contributed by atoms with E-state index >= 15 is 0 Å². The van der Waals surface area contributed by atoms with Crippen LogP contribution in [0, 0.1) is 0 Å². The summed E-state index contributed by atoms with van der Waals surface area (Å²) in [4.78, 5) is 2.30. The summed E-state index contributed by atoms with van der Waals surface area (Å²) in [5, 5.41) is 0.427. The van der Waals surface area contributed by atoms with E-state index in [0.29, 0.717) is 5.37 Å². The van der Waals surface area contributed by atoms with Crippen LogP contribution in [0.25, 0.3) is 0 Å². The molecular formula is C13H21NO3S2. The molecule has 0 bridgehead atoms. The molecule has 0 saturated carbocycles. The lowest BCUT2D eigenvalue weighted by atomic mass is 10.2. The molecule has 0 aliphatic heterocycles. The summed E-state index contributed by atoms with van der Waals surface area (Å²) in [5.74, 6) is 0.823. The SMILES string of the molecule is CCN(CC)C(C)SCc1ccc(S(=O)(=O)O)cc1. The van der Waals surface area contributed by atoms with Crippen LogP contribution in [-0.2, 0) is 15.9 Å². The quantitative estimate of drug-likeness (QED) is 0.620. The molecular weight excluding hydrogens is 282 g/mol. The van der Waals surface area contributed by atoms with Crippen molar-refractivity contribution in [1.29, 1.82) is 0 Å².